The maximum Gasteiger partial charge on any atom is 0.127 e. The van der Waals surface area contributed by atoms with Crippen LogP contribution in [0.3, 0.4) is 0 Å². The van der Waals surface area contributed by atoms with Crippen LogP contribution in [0.15, 0.2) is 6.07 Å². The summed E-state index contributed by atoms with van der Waals surface area (Å²) in [5.74, 6) is 1.83. The Labute approximate surface area is 97.0 Å². The second kappa shape index (κ2) is 4.83. The van der Waals surface area contributed by atoms with Crippen LogP contribution in [-0.2, 0) is 6.54 Å². The van der Waals surface area contributed by atoms with Gasteiger partial charge in [0.1, 0.15) is 5.75 Å². The van der Waals surface area contributed by atoms with Gasteiger partial charge in [0, 0.05) is 29.6 Å². The van der Waals surface area contributed by atoms with E-state index in [1.807, 2.05) is 19.9 Å². The fourth-order valence-electron chi connectivity index (χ4n) is 1.94. The maximum atomic E-state index is 5.82. The summed E-state index contributed by atoms with van der Waals surface area (Å²) in [4.78, 5) is 4.40. The average molecular weight is 220 g/mol. The summed E-state index contributed by atoms with van der Waals surface area (Å²) in [6.07, 6.45) is 3.92. The van der Waals surface area contributed by atoms with E-state index in [1.54, 1.807) is 0 Å². The van der Waals surface area contributed by atoms with Crippen LogP contribution >= 0.6 is 0 Å². The van der Waals surface area contributed by atoms with E-state index < -0.39 is 0 Å². The van der Waals surface area contributed by atoms with E-state index in [9.17, 15) is 0 Å². The second-order valence-electron chi connectivity index (χ2n) is 4.61. The largest absolute Gasteiger partial charge is 0.493 e. The molecule has 1 aromatic rings. The van der Waals surface area contributed by atoms with Crippen LogP contribution in [0.2, 0.25) is 0 Å². The molecular weight excluding hydrogens is 200 g/mol. The van der Waals surface area contributed by atoms with Crippen molar-refractivity contribution in [2.75, 3.05) is 6.61 Å². The summed E-state index contributed by atoms with van der Waals surface area (Å²) in [6, 6.07) is 1.99. The van der Waals surface area contributed by atoms with E-state index in [1.165, 1.54) is 19.3 Å². The molecule has 1 saturated carbocycles. The zero-order valence-electron chi connectivity index (χ0n) is 10.1. The van der Waals surface area contributed by atoms with Crippen molar-refractivity contribution in [3.63, 3.8) is 0 Å². The topological polar surface area (TPSA) is 48.1 Å². The lowest BCUT2D eigenvalue weighted by atomic mass is 10.1. The predicted molar refractivity (Wildman–Crippen MR) is 64.4 cm³/mol. The quantitative estimate of drug-likeness (QED) is 0.828. The summed E-state index contributed by atoms with van der Waals surface area (Å²) in [5, 5.41) is 0. The van der Waals surface area contributed by atoms with Gasteiger partial charge in [0.15, 0.2) is 0 Å². The first-order valence-electron chi connectivity index (χ1n) is 6.00. The molecular formula is C13H20N2O. The Kier molecular flexibility index (Phi) is 3.44. The number of nitrogens with two attached hydrogens (primary N) is 1. The summed E-state index contributed by atoms with van der Waals surface area (Å²) < 4.78 is 5.82. The highest BCUT2D eigenvalue weighted by atomic mass is 16.5. The highest BCUT2D eigenvalue weighted by Gasteiger charge is 2.21. The molecule has 0 amide bonds. The predicted octanol–water partition coefficient (Wildman–Crippen LogP) is 2.34. The van der Waals surface area contributed by atoms with Crippen LogP contribution in [0.5, 0.6) is 5.75 Å². The van der Waals surface area contributed by atoms with E-state index in [0.29, 0.717) is 6.54 Å². The van der Waals surface area contributed by atoms with Gasteiger partial charge in [-0.15, -0.1) is 0 Å². The molecule has 0 spiro atoms. The molecule has 16 heavy (non-hydrogen) atoms. The number of hydrogen-bond donors (Lipinski definition) is 1. The van der Waals surface area contributed by atoms with Crippen molar-refractivity contribution in [2.45, 2.75) is 39.7 Å². The molecule has 1 aliphatic carbocycles. The Bertz CT molecular complexity index is 372. The van der Waals surface area contributed by atoms with Crippen molar-refractivity contribution in [3.8, 4) is 5.75 Å². The molecule has 0 unspecified atom stereocenters. The standard InChI is InChI=1S/C13H20N2O/c1-9-7-13(12(8-14)10(2)15-9)16-6-5-11-3-4-11/h7,11H,3-6,8,14H2,1-2H3. The van der Waals surface area contributed by atoms with E-state index >= 15 is 0 Å². The minimum absolute atomic E-state index is 0.498. The molecule has 0 radical (unpaired) electrons. The minimum Gasteiger partial charge on any atom is -0.493 e. The van der Waals surface area contributed by atoms with Crippen LogP contribution in [-0.4, -0.2) is 11.6 Å². The van der Waals surface area contributed by atoms with Crippen molar-refractivity contribution in [1.82, 2.24) is 4.98 Å². The lowest BCUT2D eigenvalue weighted by molar-refractivity contribution is 0.298. The Morgan fingerprint density at radius 2 is 2.19 bits per heavy atom. The molecule has 1 heterocycles. The molecule has 2 rings (SSSR count). The van der Waals surface area contributed by atoms with Gasteiger partial charge < -0.3 is 10.5 Å². The fourth-order valence-corrected chi connectivity index (χ4v) is 1.94. The van der Waals surface area contributed by atoms with Crippen molar-refractivity contribution in [3.05, 3.63) is 23.0 Å². The lowest BCUT2D eigenvalue weighted by Crippen LogP contribution is -2.08. The third kappa shape index (κ3) is 2.73. The van der Waals surface area contributed by atoms with Gasteiger partial charge >= 0.3 is 0 Å². The average Bonchev–Trinajstić information content (AvgIpc) is 3.01. The number of aryl methyl sites for hydroxylation is 2. The smallest absolute Gasteiger partial charge is 0.127 e. The van der Waals surface area contributed by atoms with Gasteiger partial charge in [0.05, 0.1) is 6.61 Å². The SMILES string of the molecule is Cc1cc(OCCC2CC2)c(CN)c(C)n1. The van der Waals surface area contributed by atoms with Crippen LogP contribution < -0.4 is 10.5 Å². The van der Waals surface area contributed by atoms with Gasteiger partial charge in [-0.1, -0.05) is 12.8 Å². The third-order valence-electron chi connectivity index (χ3n) is 3.10. The second-order valence-corrected chi connectivity index (χ2v) is 4.61. The monoisotopic (exact) mass is 220 g/mol. The molecule has 1 fully saturated rings. The maximum absolute atomic E-state index is 5.82. The first-order chi connectivity index (χ1) is 7.70. The Morgan fingerprint density at radius 3 is 2.81 bits per heavy atom. The first kappa shape index (κ1) is 11.4. The van der Waals surface area contributed by atoms with Crippen LogP contribution in [0.25, 0.3) is 0 Å². The van der Waals surface area contributed by atoms with Gasteiger partial charge in [-0.3, -0.25) is 4.98 Å². The van der Waals surface area contributed by atoms with E-state index in [-0.39, 0.29) is 0 Å². The van der Waals surface area contributed by atoms with Crippen molar-refractivity contribution in [1.29, 1.82) is 0 Å². The minimum atomic E-state index is 0.498. The zero-order chi connectivity index (χ0) is 11.5. The molecule has 1 aromatic heterocycles. The summed E-state index contributed by atoms with van der Waals surface area (Å²) in [5.41, 5.74) is 8.75. The first-order valence-corrected chi connectivity index (χ1v) is 6.00. The molecule has 2 N–H and O–H groups in total. The highest BCUT2D eigenvalue weighted by Crippen LogP contribution is 2.32. The lowest BCUT2D eigenvalue weighted by Gasteiger charge is -2.13. The normalized spacial score (nSPS) is 15.2. The van der Waals surface area contributed by atoms with Crippen molar-refractivity contribution in [2.24, 2.45) is 11.7 Å². The molecule has 0 bridgehead atoms. The van der Waals surface area contributed by atoms with Gasteiger partial charge in [-0.05, 0) is 26.2 Å². The van der Waals surface area contributed by atoms with E-state index in [2.05, 4.69) is 4.98 Å². The van der Waals surface area contributed by atoms with Crippen LogP contribution in [0, 0.1) is 19.8 Å². The Morgan fingerprint density at radius 1 is 1.44 bits per heavy atom. The van der Waals surface area contributed by atoms with Crippen molar-refractivity contribution >= 4 is 0 Å². The number of ether oxygens (including phenoxy) is 1. The molecule has 3 heteroatoms. The zero-order valence-corrected chi connectivity index (χ0v) is 10.1. The summed E-state index contributed by atoms with van der Waals surface area (Å²) >= 11 is 0. The number of rotatable bonds is 5. The third-order valence-corrected chi connectivity index (χ3v) is 3.10. The molecule has 3 nitrogen and oxygen atoms in total. The van der Waals surface area contributed by atoms with Gasteiger partial charge in [-0.25, -0.2) is 0 Å². The Balaban J connectivity index is 2.04. The number of aromatic nitrogens is 1. The van der Waals surface area contributed by atoms with E-state index in [0.717, 1.165) is 35.2 Å². The van der Waals surface area contributed by atoms with Crippen LogP contribution in [0.1, 0.15) is 36.2 Å². The molecule has 1 aliphatic rings. The number of nitrogens with zero attached hydrogens (tertiary/aromatic N) is 1. The van der Waals surface area contributed by atoms with Crippen molar-refractivity contribution < 1.29 is 4.74 Å². The number of pyridine rings is 1. The van der Waals surface area contributed by atoms with Gasteiger partial charge in [0.25, 0.3) is 0 Å². The molecule has 88 valence electrons. The van der Waals surface area contributed by atoms with Gasteiger partial charge in [-0.2, -0.15) is 0 Å². The highest BCUT2D eigenvalue weighted by molar-refractivity contribution is 5.37. The Hall–Kier alpha value is -1.09. The van der Waals surface area contributed by atoms with E-state index in [4.69, 9.17) is 10.5 Å². The molecule has 0 saturated heterocycles. The van der Waals surface area contributed by atoms with Crippen LogP contribution in [0.4, 0.5) is 0 Å². The van der Waals surface area contributed by atoms with Gasteiger partial charge in [0.2, 0.25) is 0 Å². The molecule has 0 aliphatic heterocycles. The summed E-state index contributed by atoms with van der Waals surface area (Å²) in [6.45, 7) is 5.28. The fraction of sp³-hybridized carbons (Fsp3) is 0.615. The molecule has 0 atom stereocenters. The summed E-state index contributed by atoms with van der Waals surface area (Å²) in [7, 11) is 0. The molecule has 0 aromatic carbocycles. The number of hydrogen-bond acceptors (Lipinski definition) is 3.